The number of hydrogen-bond donors (Lipinski definition) is 4. The zero-order valence-electron chi connectivity index (χ0n) is 33.9. The zero-order chi connectivity index (χ0) is 43.1. The van der Waals surface area contributed by atoms with Crippen LogP contribution in [-0.4, -0.2) is 90.2 Å². The van der Waals surface area contributed by atoms with Crippen LogP contribution in [0, 0.1) is 0 Å². The average molecular weight is 826 g/mol. The van der Waals surface area contributed by atoms with Crippen molar-refractivity contribution in [3.05, 3.63) is 108 Å². The summed E-state index contributed by atoms with van der Waals surface area (Å²) in [5, 5.41) is 9.14. The monoisotopic (exact) mass is 825 g/mol. The highest BCUT2D eigenvalue weighted by molar-refractivity contribution is 6.08. The van der Waals surface area contributed by atoms with Gasteiger partial charge in [-0.2, -0.15) is 0 Å². The Morgan fingerprint density at radius 1 is 0.902 bits per heavy atom. The van der Waals surface area contributed by atoms with E-state index in [1.807, 2.05) is 18.2 Å². The maximum Gasteiger partial charge on any atom is 0.291 e. The number of amides is 4. The molecule has 0 saturated carbocycles. The highest BCUT2D eigenvalue weighted by atomic mass is 16.5. The third kappa shape index (κ3) is 7.97. The van der Waals surface area contributed by atoms with Crippen molar-refractivity contribution < 1.29 is 33.4 Å². The Labute approximate surface area is 349 Å². The van der Waals surface area contributed by atoms with Gasteiger partial charge in [0.25, 0.3) is 23.6 Å². The number of aliphatic imine (C=N–C) groups is 1. The van der Waals surface area contributed by atoms with Crippen molar-refractivity contribution in [2.75, 3.05) is 41.9 Å². The van der Waals surface area contributed by atoms with Crippen LogP contribution in [0.1, 0.15) is 61.2 Å². The van der Waals surface area contributed by atoms with E-state index in [4.69, 9.17) is 15.2 Å². The normalized spacial score (nSPS) is 14.4. The highest BCUT2D eigenvalue weighted by Gasteiger charge is 2.34. The van der Waals surface area contributed by atoms with Crippen molar-refractivity contribution >= 4 is 75.2 Å². The van der Waals surface area contributed by atoms with Crippen molar-refractivity contribution in [1.82, 2.24) is 28.2 Å². The molecule has 1 atom stereocenters. The van der Waals surface area contributed by atoms with E-state index in [1.54, 1.807) is 91.4 Å². The van der Waals surface area contributed by atoms with E-state index in [1.165, 1.54) is 21.4 Å². The van der Waals surface area contributed by atoms with Crippen LogP contribution in [0.4, 0.5) is 28.6 Å². The Kier molecular flexibility index (Phi) is 10.5. The SMILES string of the molecule is C=C1CC2C=Nc3cc(OCCCC(=O)Nc4cn(C)c(C(=O)Nc5cc(C(=O)Nc6cc(C(=O)n7ccc8cc(OC)ccc87)n(C)c6)n(C)c5)n4)c(N)cc3C(=O)N2C1. The highest BCUT2D eigenvalue weighted by Crippen LogP contribution is 2.36. The number of aryl methyl sites for hydroxylation is 3. The fourth-order valence-electron chi connectivity index (χ4n) is 7.49. The number of nitrogens with two attached hydrogens (primary N) is 1. The summed E-state index contributed by atoms with van der Waals surface area (Å²) < 4.78 is 17.4. The Bertz CT molecular complexity index is 2820. The quantitative estimate of drug-likeness (QED) is 0.0731. The summed E-state index contributed by atoms with van der Waals surface area (Å²) >= 11 is 0. The molecular formula is C43H43N11O7. The van der Waals surface area contributed by atoms with Gasteiger partial charge in [0.2, 0.25) is 11.7 Å². The second-order valence-corrected chi connectivity index (χ2v) is 15.0. The molecule has 18 nitrogen and oxygen atoms in total. The van der Waals surface area contributed by atoms with Gasteiger partial charge < -0.3 is 49.8 Å². The molecule has 2 aliphatic rings. The second-order valence-electron chi connectivity index (χ2n) is 15.0. The molecule has 18 heteroatoms. The molecule has 5 N–H and O–H groups in total. The summed E-state index contributed by atoms with van der Waals surface area (Å²) in [5.74, 6) is -0.543. The van der Waals surface area contributed by atoms with E-state index < -0.39 is 11.8 Å². The minimum atomic E-state index is -0.564. The Hall–Kier alpha value is -7.89. The van der Waals surface area contributed by atoms with E-state index in [2.05, 4.69) is 32.5 Å². The van der Waals surface area contributed by atoms with E-state index in [9.17, 15) is 24.0 Å². The van der Waals surface area contributed by atoms with Gasteiger partial charge in [0.15, 0.2) is 5.82 Å². The van der Waals surface area contributed by atoms with Crippen molar-refractivity contribution in [3.8, 4) is 11.5 Å². The van der Waals surface area contributed by atoms with Gasteiger partial charge in [-0.3, -0.25) is 33.5 Å². The van der Waals surface area contributed by atoms with Gasteiger partial charge in [0, 0.05) is 76.6 Å². The first-order valence-corrected chi connectivity index (χ1v) is 19.3. The predicted molar refractivity (Wildman–Crippen MR) is 229 cm³/mol. The number of imidazole rings is 1. The molecule has 2 aliphatic heterocycles. The molecule has 4 aromatic heterocycles. The first-order chi connectivity index (χ1) is 29.3. The number of rotatable bonds is 12. The third-order valence-electron chi connectivity index (χ3n) is 10.5. The topological polar surface area (TPSA) is 214 Å². The fraction of sp³-hybridized carbons (Fsp3) is 0.233. The van der Waals surface area contributed by atoms with Gasteiger partial charge in [-0.1, -0.05) is 12.2 Å². The standard InChI is InChI=1S/C43H43N11O7/c1-24-13-28-19-45-32-18-36(31(44)17-30(32)42(58)54(28)20-24)61-12-6-7-38(55)48-37-23-52(4)39(49-37)41(57)47-26-15-34(50(2)21-26)40(56)46-27-16-35(51(3)22-27)43(59)53-11-10-25-14-29(60-5)8-9-33(25)53/h8-11,14-19,21-23,28H,1,6-7,12-13,20,44H2,2-5H3,(H,46,56)(H,47,57)(H,48,55). The minimum Gasteiger partial charge on any atom is -0.497 e. The lowest BCUT2D eigenvalue weighted by molar-refractivity contribution is -0.116. The van der Waals surface area contributed by atoms with Crippen LogP contribution in [0.15, 0.2) is 90.5 Å². The number of carbonyl (C=O) groups is 5. The summed E-state index contributed by atoms with van der Waals surface area (Å²) in [6, 6.07) is 13.5. The van der Waals surface area contributed by atoms with Crippen LogP contribution in [0.5, 0.6) is 11.5 Å². The average Bonchev–Trinajstić information content (AvgIpc) is 4.05. The number of fused-ring (bicyclic) bond motifs is 3. The van der Waals surface area contributed by atoms with E-state index in [0.717, 1.165) is 16.5 Å². The maximum absolute atomic E-state index is 13.5. The molecule has 1 saturated heterocycles. The summed E-state index contributed by atoms with van der Waals surface area (Å²) in [5.41, 5.74) is 10.4. The molecule has 8 rings (SSSR count). The Balaban J connectivity index is 0.830. The number of nitrogens with one attached hydrogen (secondary N) is 3. The maximum atomic E-state index is 13.5. The van der Waals surface area contributed by atoms with E-state index in [0.29, 0.717) is 59.2 Å². The summed E-state index contributed by atoms with van der Waals surface area (Å²) in [6.07, 6.45) is 9.29. The lowest BCUT2D eigenvalue weighted by Crippen LogP contribution is -2.35. The van der Waals surface area contributed by atoms with Crippen molar-refractivity contribution in [2.24, 2.45) is 26.1 Å². The number of hydrogen-bond acceptors (Lipinski definition) is 10. The van der Waals surface area contributed by atoms with Crippen LogP contribution in [-0.2, 0) is 25.9 Å². The number of anilines is 4. The molecule has 312 valence electrons. The van der Waals surface area contributed by atoms with Crippen molar-refractivity contribution in [3.63, 3.8) is 0 Å². The van der Waals surface area contributed by atoms with Crippen LogP contribution in [0.25, 0.3) is 10.9 Å². The number of carbonyl (C=O) groups excluding carboxylic acids is 5. The molecule has 0 aliphatic carbocycles. The lowest BCUT2D eigenvalue weighted by atomic mass is 10.1. The Morgan fingerprint density at radius 3 is 2.41 bits per heavy atom. The number of aromatic nitrogens is 5. The first kappa shape index (κ1) is 39.9. The fourth-order valence-corrected chi connectivity index (χ4v) is 7.49. The molecule has 6 aromatic rings. The van der Waals surface area contributed by atoms with Crippen LogP contribution in [0.3, 0.4) is 0 Å². The molecule has 0 spiro atoms. The number of nitrogen functional groups attached to an aromatic ring is 1. The van der Waals surface area contributed by atoms with Crippen molar-refractivity contribution in [1.29, 1.82) is 0 Å². The molecule has 2 aromatic carbocycles. The number of nitrogens with zero attached hydrogens (tertiary/aromatic N) is 7. The molecule has 1 unspecified atom stereocenters. The lowest BCUT2D eigenvalue weighted by Gasteiger charge is -2.20. The molecule has 61 heavy (non-hydrogen) atoms. The number of ether oxygens (including phenoxy) is 2. The van der Waals surface area contributed by atoms with Gasteiger partial charge in [-0.25, -0.2) is 4.98 Å². The van der Waals surface area contributed by atoms with E-state index >= 15 is 0 Å². The van der Waals surface area contributed by atoms with Crippen LogP contribution >= 0.6 is 0 Å². The smallest absolute Gasteiger partial charge is 0.291 e. The second kappa shape index (κ2) is 16.0. The Morgan fingerprint density at radius 2 is 1.64 bits per heavy atom. The largest absolute Gasteiger partial charge is 0.497 e. The molecule has 0 bridgehead atoms. The van der Waals surface area contributed by atoms with Crippen LogP contribution < -0.4 is 31.2 Å². The molecule has 6 heterocycles. The van der Waals surface area contributed by atoms with E-state index in [-0.39, 0.29) is 59.8 Å². The minimum absolute atomic E-state index is 0.0229. The van der Waals surface area contributed by atoms with Gasteiger partial charge >= 0.3 is 0 Å². The summed E-state index contributed by atoms with van der Waals surface area (Å²) in [4.78, 5) is 76.6. The van der Waals surface area contributed by atoms with Gasteiger partial charge in [0.05, 0.1) is 53.6 Å². The third-order valence-corrected chi connectivity index (χ3v) is 10.5. The first-order valence-electron chi connectivity index (χ1n) is 19.3. The zero-order valence-corrected chi connectivity index (χ0v) is 33.9. The molecule has 1 fully saturated rings. The van der Waals surface area contributed by atoms with Gasteiger partial charge in [-0.05, 0) is 55.3 Å². The molecular weight excluding hydrogens is 783 g/mol. The molecule has 0 radical (unpaired) electrons. The van der Waals surface area contributed by atoms with Gasteiger partial charge in [0.1, 0.15) is 22.9 Å². The summed E-state index contributed by atoms with van der Waals surface area (Å²) in [7, 11) is 6.58. The molecule has 4 amide bonds. The van der Waals surface area contributed by atoms with Gasteiger partial charge in [-0.15, -0.1) is 0 Å². The predicted octanol–water partition coefficient (Wildman–Crippen LogP) is 5.12. The van der Waals surface area contributed by atoms with Crippen molar-refractivity contribution in [2.45, 2.75) is 25.3 Å². The number of methoxy groups -OCH3 is 1. The summed E-state index contributed by atoms with van der Waals surface area (Å²) in [6.45, 7) is 4.65. The van der Waals surface area contributed by atoms with Crippen LogP contribution in [0.2, 0.25) is 0 Å². The number of benzene rings is 2.